The summed E-state index contributed by atoms with van der Waals surface area (Å²) >= 11 is 0. The van der Waals surface area contributed by atoms with Crippen LogP contribution in [0.5, 0.6) is 0 Å². The maximum absolute atomic E-state index is 5.35. The van der Waals surface area contributed by atoms with E-state index in [-0.39, 0.29) is 5.54 Å². The van der Waals surface area contributed by atoms with Gasteiger partial charge in [0.15, 0.2) is 0 Å². The largest absolute Gasteiger partial charge is 0.467 e. The predicted octanol–water partition coefficient (Wildman–Crippen LogP) is 3.52. The molecule has 0 aromatic carbocycles. The van der Waals surface area contributed by atoms with E-state index in [0.717, 1.165) is 17.4 Å². The van der Waals surface area contributed by atoms with E-state index in [1.165, 1.54) is 0 Å². The Kier molecular flexibility index (Phi) is 3.79. The molecule has 102 valence electrons. The standard InChI is InChI=1S/C15H21N3O/c1-15(2,3)17-13-8-5-9-14(16-13)18(4)11-12-7-6-10-19-12/h5-10H,11H2,1-4H3,(H,16,17). The molecule has 0 radical (unpaired) electrons. The first-order chi connectivity index (χ1) is 8.94. The molecule has 1 N–H and O–H groups in total. The van der Waals surface area contributed by atoms with E-state index in [4.69, 9.17) is 4.42 Å². The van der Waals surface area contributed by atoms with Gasteiger partial charge in [0.25, 0.3) is 0 Å². The van der Waals surface area contributed by atoms with Gasteiger partial charge in [0.2, 0.25) is 0 Å². The zero-order valence-corrected chi connectivity index (χ0v) is 12.0. The van der Waals surface area contributed by atoms with Crippen molar-refractivity contribution in [2.24, 2.45) is 0 Å². The van der Waals surface area contributed by atoms with Crippen molar-refractivity contribution in [3.8, 4) is 0 Å². The molecule has 0 saturated heterocycles. The monoisotopic (exact) mass is 259 g/mol. The van der Waals surface area contributed by atoms with E-state index >= 15 is 0 Å². The first kappa shape index (κ1) is 13.5. The number of nitrogens with zero attached hydrogens (tertiary/aromatic N) is 2. The van der Waals surface area contributed by atoms with Crippen molar-refractivity contribution in [3.05, 3.63) is 42.4 Å². The Morgan fingerprint density at radius 1 is 1.21 bits per heavy atom. The molecule has 19 heavy (non-hydrogen) atoms. The number of pyridine rings is 1. The second-order valence-corrected chi connectivity index (χ2v) is 5.69. The Hall–Kier alpha value is -1.97. The number of hydrogen-bond acceptors (Lipinski definition) is 4. The van der Waals surface area contributed by atoms with Gasteiger partial charge in [-0.1, -0.05) is 6.07 Å². The Bertz CT molecular complexity index is 514. The maximum atomic E-state index is 5.35. The Morgan fingerprint density at radius 2 is 2.00 bits per heavy atom. The van der Waals surface area contributed by atoms with Crippen LogP contribution < -0.4 is 10.2 Å². The van der Waals surface area contributed by atoms with E-state index in [0.29, 0.717) is 6.54 Å². The van der Waals surface area contributed by atoms with Gasteiger partial charge >= 0.3 is 0 Å². The minimum absolute atomic E-state index is 0.00516. The van der Waals surface area contributed by atoms with Gasteiger partial charge in [0, 0.05) is 12.6 Å². The minimum atomic E-state index is 0.00516. The Morgan fingerprint density at radius 3 is 2.63 bits per heavy atom. The van der Waals surface area contributed by atoms with Gasteiger partial charge in [-0.15, -0.1) is 0 Å². The molecule has 0 bridgehead atoms. The van der Waals surface area contributed by atoms with E-state index in [1.54, 1.807) is 6.26 Å². The van der Waals surface area contributed by atoms with E-state index < -0.39 is 0 Å². The molecule has 2 aromatic rings. The molecule has 0 aliphatic carbocycles. The molecular formula is C15H21N3O. The van der Waals surface area contributed by atoms with Crippen LogP contribution in [0.2, 0.25) is 0 Å². The van der Waals surface area contributed by atoms with Crippen molar-refractivity contribution in [3.63, 3.8) is 0 Å². The van der Waals surface area contributed by atoms with Crippen molar-refractivity contribution in [2.45, 2.75) is 32.9 Å². The van der Waals surface area contributed by atoms with Gasteiger partial charge < -0.3 is 14.6 Å². The van der Waals surface area contributed by atoms with Crippen molar-refractivity contribution in [2.75, 3.05) is 17.3 Å². The summed E-state index contributed by atoms with van der Waals surface area (Å²) in [4.78, 5) is 6.67. The molecule has 0 fully saturated rings. The van der Waals surface area contributed by atoms with Crippen LogP contribution in [0.25, 0.3) is 0 Å². The third-order valence-electron chi connectivity index (χ3n) is 2.60. The van der Waals surface area contributed by atoms with Crippen LogP contribution in [-0.2, 0) is 6.54 Å². The topological polar surface area (TPSA) is 41.3 Å². The van der Waals surface area contributed by atoms with Crippen molar-refractivity contribution in [1.29, 1.82) is 0 Å². The zero-order chi connectivity index (χ0) is 13.9. The number of furan rings is 1. The van der Waals surface area contributed by atoms with Gasteiger partial charge in [-0.25, -0.2) is 4.98 Å². The summed E-state index contributed by atoms with van der Waals surface area (Å²) in [5, 5.41) is 3.37. The summed E-state index contributed by atoms with van der Waals surface area (Å²) < 4.78 is 5.35. The second kappa shape index (κ2) is 5.34. The van der Waals surface area contributed by atoms with Gasteiger partial charge in [-0.05, 0) is 45.0 Å². The van der Waals surface area contributed by atoms with Crippen LogP contribution in [0.15, 0.2) is 41.0 Å². The fraction of sp³-hybridized carbons (Fsp3) is 0.400. The fourth-order valence-electron chi connectivity index (χ4n) is 1.81. The van der Waals surface area contributed by atoms with Crippen molar-refractivity contribution >= 4 is 11.6 Å². The van der Waals surface area contributed by atoms with Gasteiger partial charge in [0.1, 0.15) is 17.4 Å². The fourth-order valence-corrected chi connectivity index (χ4v) is 1.81. The molecule has 0 aliphatic rings. The highest BCUT2D eigenvalue weighted by atomic mass is 16.3. The molecule has 2 aromatic heterocycles. The summed E-state index contributed by atoms with van der Waals surface area (Å²) in [5.74, 6) is 2.74. The molecule has 0 amide bonds. The quantitative estimate of drug-likeness (QED) is 0.912. The lowest BCUT2D eigenvalue weighted by molar-refractivity contribution is 0.507. The Labute approximate surface area is 114 Å². The highest BCUT2D eigenvalue weighted by molar-refractivity contribution is 5.47. The average Bonchev–Trinajstić information content (AvgIpc) is 2.80. The van der Waals surface area contributed by atoms with Crippen LogP contribution in [0.1, 0.15) is 26.5 Å². The summed E-state index contributed by atoms with van der Waals surface area (Å²) in [5.41, 5.74) is 0.00516. The molecule has 0 aliphatic heterocycles. The van der Waals surface area contributed by atoms with E-state index in [1.807, 2.05) is 37.4 Å². The lowest BCUT2D eigenvalue weighted by Gasteiger charge is -2.23. The first-order valence-electron chi connectivity index (χ1n) is 6.43. The highest BCUT2D eigenvalue weighted by Gasteiger charge is 2.11. The molecule has 2 heterocycles. The Balaban J connectivity index is 2.09. The van der Waals surface area contributed by atoms with Crippen molar-refractivity contribution in [1.82, 2.24) is 4.98 Å². The highest BCUT2D eigenvalue weighted by Crippen LogP contribution is 2.18. The molecule has 4 heteroatoms. The number of anilines is 2. The molecule has 0 saturated carbocycles. The normalized spacial score (nSPS) is 11.4. The number of nitrogens with one attached hydrogen (secondary N) is 1. The molecule has 4 nitrogen and oxygen atoms in total. The summed E-state index contributed by atoms with van der Waals surface area (Å²) in [6.45, 7) is 7.06. The van der Waals surface area contributed by atoms with Crippen LogP contribution >= 0.6 is 0 Å². The number of hydrogen-bond donors (Lipinski definition) is 1. The summed E-state index contributed by atoms with van der Waals surface area (Å²) in [6.07, 6.45) is 1.69. The number of aromatic nitrogens is 1. The molecule has 2 rings (SSSR count). The lowest BCUT2D eigenvalue weighted by Crippen LogP contribution is -2.27. The van der Waals surface area contributed by atoms with Crippen LogP contribution in [0.4, 0.5) is 11.6 Å². The maximum Gasteiger partial charge on any atom is 0.131 e. The van der Waals surface area contributed by atoms with Gasteiger partial charge in [-0.2, -0.15) is 0 Å². The van der Waals surface area contributed by atoms with E-state index in [2.05, 4.69) is 36.0 Å². The molecule has 0 atom stereocenters. The minimum Gasteiger partial charge on any atom is -0.467 e. The lowest BCUT2D eigenvalue weighted by atomic mass is 10.1. The SMILES string of the molecule is CN(Cc1ccco1)c1cccc(NC(C)(C)C)n1. The first-order valence-corrected chi connectivity index (χ1v) is 6.43. The third-order valence-corrected chi connectivity index (χ3v) is 2.60. The number of rotatable bonds is 4. The molecular weight excluding hydrogens is 238 g/mol. The smallest absolute Gasteiger partial charge is 0.131 e. The van der Waals surface area contributed by atoms with Gasteiger partial charge in [-0.3, -0.25) is 0 Å². The van der Waals surface area contributed by atoms with Crippen LogP contribution in [-0.4, -0.2) is 17.6 Å². The van der Waals surface area contributed by atoms with Crippen LogP contribution in [0, 0.1) is 0 Å². The summed E-state index contributed by atoms with van der Waals surface area (Å²) in [7, 11) is 2.01. The zero-order valence-electron chi connectivity index (χ0n) is 12.0. The second-order valence-electron chi connectivity index (χ2n) is 5.69. The van der Waals surface area contributed by atoms with E-state index in [9.17, 15) is 0 Å². The average molecular weight is 259 g/mol. The predicted molar refractivity (Wildman–Crippen MR) is 78.4 cm³/mol. The third kappa shape index (κ3) is 4.02. The van der Waals surface area contributed by atoms with Crippen LogP contribution in [0.3, 0.4) is 0 Å². The van der Waals surface area contributed by atoms with Crippen molar-refractivity contribution < 1.29 is 4.42 Å². The van der Waals surface area contributed by atoms with Gasteiger partial charge in [0.05, 0.1) is 12.8 Å². The summed E-state index contributed by atoms with van der Waals surface area (Å²) in [6, 6.07) is 9.85. The molecule has 0 spiro atoms. The molecule has 0 unspecified atom stereocenters.